The Morgan fingerprint density at radius 1 is 1.39 bits per heavy atom. The maximum atomic E-state index is 11.6. The number of anilines is 1. The van der Waals surface area contributed by atoms with Crippen LogP contribution in [-0.4, -0.2) is 75.3 Å². The smallest absolute Gasteiger partial charge is 0.411 e. The number of aromatic nitrogens is 3. The van der Waals surface area contributed by atoms with Gasteiger partial charge in [-0.05, 0) is 6.92 Å². The van der Waals surface area contributed by atoms with E-state index in [0.29, 0.717) is 0 Å². The van der Waals surface area contributed by atoms with Gasteiger partial charge in [-0.2, -0.15) is 4.31 Å². The highest BCUT2D eigenvalue weighted by Crippen LogP contribution is 2.58. The third-order valence-electron chi connectivity index (χ3n) is 4.48. The first-order chi connectivity index (χ1) is 14.3. The van der Waals surface area contributed by atoms with Crippen molar-refractivity contribution in [3.8, 4) is 0 Å². The van der Waals surface area contributed by atoms with Crippen molar-refractivity contribution >= 4 is 38.7 Å². The Morgan fingerprint density at radius 2 is 2.06 bits per heavy atom. The van der Waals surface area contributed by atoms with Crippen LogP contribution >= 0.6 is 15.6 Å². The zero-order valence-electron chi connectivity index (χ0n) is 15.7. The quantitative estimate of drug-likeness (QED) is 0.109. The van der Waals surface area contributed by atoms with Crippen molar-refractivity contribution < 1.29 is 52.8 Å². The Bertz CT molecular complexity index is 1100. The topological polar surface area (TPSA) is 252 Å². The van der Waals surface area contributed by atoms with Crippen molar-refractivity contribution in [2.75, 3.05) is 12.3 Å². The van der Waals surface area contributed by atoms with Crippen molar-refractivity contribution in [3.05, 3.63) is 18.1 Å². The zero-order valence-corrected chi connectivity index (χ0v) is 17.4. The van der Waals surface area contributed by atoms with Crippen molar-refractivity contribution in [2.45, 2.75) is 31.0 Å². The predicted molar refractivity (Wildman–Crippen MR) is 101 cm³/mol. The van der Waals surface area contributed by atoms with E-state index < -0.39 is 46.3 Å². The molecule has 16 nitrogen and oxygen atoms in total. The lowest BCUT2D eigenvalue weighted by Gasteiger charge is -2.27. The third kappa shape index (κ3) is 4.78. The Labute approximate surface area is 173 Å². The van der Waals surface area contributed by atoms with E-state index in [-0.39, 0.29) is 22.4 Å². The van der Waals surface area contributed by atoms with E-state index in [1.165, 1.54) is 17.7 Å². The molecule has 0 aromatic carbocycles. The molecule has 31 heavy (non-hydrogen) atoms. The highest BCUT2D eigenvalue weighted by molar-refractivity contribution is 7.60. The first-order valence-electron chi connectivity index (χ1n) is 8.35. The highest BCUT2D eigenvalue weighted by Gasteiger charge is 2.54. The van der Waals surface area contributed by atoms with Gasteiger partial charge in [-0.15, -0.1) is 0 Å². The minimum absolute atomic E-state index is 0.0347. The molecule has 0 aliphatic carbocycles. The second-order valence-corrected chi connectivity index (χ2v) is 9.56. The number of aliphatic hydroxyl groups excluding tert-OH is 1. The van der Waals surface area contributed by atoms with Gasteiger partial charge in [0.2, 0.25) is 0 Å². The molecule has 3 heterocycles. The number of nitrogens with two attached hydrogens (primary N) is 1. The summed E-state index contributed by atoms with van der Waals surface area (Å²) in [6, 6.07) is 0. The van der Waals surface area contributed by atoms with E-state index in [1.807, 2.05) is 0 Å². The maximum Gasteiger partial charge on any atom is 0.481 e. The number of aliphatic hydroxyl groups is 2. The van der Waals surface area contributed by atoms with E-state index >= 15 is 0 Å². The lowest BCUT2D eigenvalue weighted by atomic mass is 9.96. The fourth-order valence-electron chi connectivity index (χ4n) is 3.18. The number of nitrogens with zero attached hydrogens (tertiary/aromatic N) is 4. The predicted octanol–water partition coefficient (Wildman–Crippen LogP) is -0.943. The molecule has 0 saturated carbocycles. The van der Waals surface area contributed by atoms with Gasteiger partial charge in [0.25, 0.3) is 0 Å². The molecule has 3 rings (SSSR count). The first-order valence-corrected chi connectivity index (χ1v) is 11.4. The van der Waals surface area contributed by atoms with Crippen LogP contribution in [0.1, 0.15) is 18.7 Å². The standard InChI is InChI=1S/C13H19N5O11P2/c1-13(20)9(19)7(4-27-31(25,26)29-30(22,23)24)28-12(13)18-3-6(2-17-21)8-10(14)15-5-16-11(8)18/h2-3,5,7,9,12,19-21H,4H2,1H3,(H,25,26)(H2,14,15,16)(H2,22,23,24)/b17-2+/t7-,9-,12-,13-/m1/s1. The average Bonchev–Trinajstić information content (AvgIpc) is 3.09. The SMILES string of the molecule is C[C@@]1(O)[C@H](O)[C@@H](COP(=O)(O)OP(=O)(O)O)O[C@H]1n1cc(/C=N/O)c2c(N)ncnc21. The zero-order chi connectivity index (χ0) is 23.2. The van der Waals surface area contributed by atoms with Gasteiger partial charge >= 0.3 is 15.6 Å². The molecule has 1 aliphatic rings. The molecule has 0 amide bonds. The maximum absolute atomic E-state index is 11.6. The van der Waals surface area contributed by atoms with Gasteiger partial charge in [0.15, 0.2) is 6.23 Å². The fourth-order valence-corrected chi connectivity index (χ4v) is 4.78. The van der Waals surface area contributed by atoms with E-state index in [1.54, 1.807) is 0 Å². The van der Waals surface area contributed by atoms with Crippen LogP contribution in [0.4, 0.5) is 5.82 Å². The second-order valence-electron chi connectivity index (χ2n) is 6.73. The van der Waals surface area contributed by atoms with E-state index in [0.717, 1.165) is 12.5 Å². The number of nitrogen functional groups attached to an aromatic ring is 1. The van der Waals surface area contributed by atoms with E-state index in [2.05, 4.69) is 24.0 Å². The first kappa shape index (κ1) is 23.7. The number of rotatable bonds is 7. The number of ether oxygens (including phenoxy) is 1. The van der Waals surface area contributed by atoms with Crippen molar-refractivity contribution in [1.82, 2.24) is 14.5 Å². The number of hydrogen-bond acceptors (Lipinski definition) is 12. The molecule has 0 spiro atoms. The Morgan fingerprint density at radius 3 is 2.68 bits per heavy atom. The molecular weight excluding hydrogens is 464 g/mol. The van der Waals surface area contributed by atoms with Crippen LogP contribution in [0.2, 0.25) is 0 Å². The monoisotopic (exact) mass is 483 g/mol. The summed E-state index contributed by atoms with van der Waals surface area (Å²) in [5, 5.41) is 33.4. The van der Waals surface area contributed by atoms with Gasteiger partial charge < -0.3 is 45.1 Å². The second kappa shape index (κ2) is 8.18. The minimum Gasteiger partial charge on any atom is -0.411 e. The van der Waals surface area contributed by atoms with Gasteiger partial charge in [-0.3, -0.25) is 4.52 Å². The molecule has 2 aromatic heterocycles. The van der Waals surface area contributed by atoms with Crippen LogP contribution in [-0.2, 0) is 22.7 Å². The summed E-state index contributed by atoms with van der Waals surface area (Å²) >= 11 is 0. The molecule has 5 atom stereocenters. The molecule has 0 radical (unpaired) electrons. The summed E-state index contributed by atoms with van der Waals surface area (Å²) in [6.45, 7) is 0.339. The Hall–Kier alpha value is -1.97. The fraction of sp³-hybridized carbons (Fsp3) is 0.462. The molecular formula is C13H19N5O11P2. The Kier molecular flexibility index (Phi) is 6.25. The van der Waals surface area contributed by atoms with Gasteiger partial charge in [-0.1, -0.05) is 5.16 Å². The lowest BCUT2D eigenvalue weighted by molar-refractivity contribution is -0.0947. The van der Waals surface area contributed by atoms with Crippen LogP contribution < -0.4 is 5.73 Å². The van der Waals surface area contributed by atoms with Crippen LogP contribution in [0.5, 0.6) is 0 Å². The largest absolute Gasteiger partial charge is 0.481 e. The van der Waals surface area contributed by atoms with E-state index in [4.69, 9.17) is 25.5 Å². The van der Waals surface area contributed by atoms with Crippen LogP contribution in [0.15, 0.2) is 17.7 Å². The third-order valence-corrected chi connectivity index (χ3v) is 6.64. The van der Waals surface area contributed by atoms with Gasteiger partial charge in [-0.25, -0.2) is 19.1 Å². The van der Waals surface area contributed by atoms with Crippen molar-refractivity contribution in [3.63, 3.8) is 0 Å². The Balaban J connectivity index is 1.91. The summed E-state index contributed by atoms with van der Waals surface area (Å²) in [5.41, 5.74) is 4.26. The summed E-state index contributed by atoms with van der Waals surface area (Å²) in [6.07, 6.45) is -0.907. The van der Waals surface area contributed by atoms with Crippen molar-refractivity contribution in [1.29, 1.82) is 0 Å². The average molecular weight is 483 g/mol. The normalized spacial score (nSPS) is 29.0. The summed E-state index contributed by atoms with van der Waals surface area (Å²) in [4.78, 5) is 34.6. The molecule has 0 bridgehead atoms. The summed E-state index contributed by atoms with van der Waals surface area (Å²) < 4.78 is 37.4. The number of phosphoric ester groups is 1. The van der Waals surface area contributed by atoms with Crippen LogP contribution in [0.25, 0.3) is 11.0 Å². The molecule has 1 unspecified atom stereocenters. The molecule has 1 saturated heterocycles. The molecule has 1 aliphatic heterocycles. The summed E-state index contributed by atoms with van der Waals surface area (Å²) in [7, 11) is -10.5. The number of hydrogen-bond donors (Lipinski definition) is 7. The molecule has 18 heteroatoms. The molecule has 172 valence electrons. The van der Waals surface area contributed by atoms with Crippen LogP contribution in [0, 0.1) is 0 Å². The lowest BCUT2D eigenvalue weighted by Crippen LogP contribution is -2.44. The van der Waals surface area contributed by atoms with Gasteiger partial charge in [0.05, 0.1) is 18.2 Å². The number of fused-ring (bicyclic) bond motifs is 1. The van der Waals surface area contributed by atoms with Crippen LogP contribution in [0.3, 0.4) is 0 Å². The van der Waals surface area contributed by atoms with E-state index in [9.17, 15) is 24.2 Å². The number of phosphoric acid groups is 2. The minimum atomic E-state index is -5.34. The molecule has 2 aromatic rings. The van der Waals surface area contributed by atoms with Crippen molar-refractivity contribution in [2.24, 2.45) is 5.16 Å². The highest BCUT2D eigenvalue weighted by atomic mass is 31.3. The molecule has 1 fully saturated rings. The van der Waals surface area contributed by atoms with Gasteiger partial charge in [0, 0.05) is 11.8 Å². The molecule has 8 N–H and O–H groups in total. The van der Waals surface area contributed by atoms with Gasteiger partial charge in [0.1, 0.15) is 35.6 Å². The summed E-state index contributed by atoms with van der Waals surface area (Å²) in [5.74, 6) is 0.0347. The number of oxime groups is 1.